The van der Waals surface area contributed by atoms with E-state index in [9.17, 15) is 0 Å². The monoisotopic (exact) mass is 128 g/mol. The molecule has 0 spiro atoms. The van der Waals surface area contributed by atoms with Crippen molar-refractivity contribution in [2.24, 2.45) is 0 Å². The van der Waals surface area contributed by atoms with Crippen LogP contribution in [0.15, 0.2) is 12.2 Å². The highest BCUT2D eigenvalue weighted by Crippen LogP contribution is 2.40. The first-order valence-electron chi connectivity index (χ1n) is 2.89. The van der Waals surface area contributed by atoms with Gasteiger partial charge in [0.05, 0.1) is 0 Å². The quantitative estimate of drug-likeness (QED) is 0.359. The molecule has 2 bridgehead atoms. The van der Waals surface area contributed by atoms with Crippen molar-refractivity contribution in [2.45, 2.75) is 25.4 Å². The van der Waals surface area contributed by atoms with Crippen LogP contribution in [-0.2, 0) is 14.5 Å². The van der Waals surface area contributed by atoms with Crippen molar-refractivity contribution in [3.8, 4) is 0 Å². The maximum Gasteiger partial charge on any atom is 0.221 e. The molecule has 0 aromatic carbocycles. The molecule has 0 aliphatic carbocycles. The van der Waals surface area contributed by atoms with Gasteiger partial charge in [-0.1, -0.05) is 0 Å². The second-order valence-corrected chi connectivity index (χ2v) is 2.63. The van der Waals surface area contributed by atoms with Crippen molar-refractivity contribution in [3.05, 3.63) is 12.2 Å². The molecule has 1 saturated heterocycles. The van der Waals surface area contributed by atoms with Crippen molar-refractivity contribution in [1.29, 1.82) is 0 Å². The zero-order chi connectivity index (χ0) is 6.54. The first-order chi connectivity index (χ1) is 4.12. The van der Waals surface area contributed by atoms with Crippen molar-refractivity contribution in [1.82, 2.24) is 0 Å². The Bertz CT molecular complexity index is 159. The zero-order valence-corrected chi connectivity index (χ0v) is 5.38. The van der Waals surface area contributed by atoms with Crippen LogP contribution in [0.5, 0.6) is 0 Å². The molecule has 2 aliphatic rings. The van der Waals surface area contributed by atoms with Crippen LogP contribution in [0.25, 0.3) is 0 Å². The minimum absolute atomic E-state index is 0.630. The van der Waals surface area contributed by atoms with Crippen molar-refractivity contribution in [3.63, 3.8) is 0 Å². The molecule has 2 heterocycles. The van der Waals surface area contributed by atoms with Crippen LogP contribution in [-0.4, -0.2) is 11.6 Å². The van der Waals surface area contributed by atoms with Crippen LogP contribution in [0.1, 0.15) is 13.8 Å². The van der Waals surface area contributed by atoms with Crippen molar-refractivity contribution >= 4 is 0 Å². The van der Waals surface area contributed by atoms with Crippen LogP contribution >= 0.6 is 0 Å². The Kier molecular flexibility index (Phi) is 0.726. The van der Waals surface area contributed by atoms with E-state index in [1.54, 1.807) is 0 Å². The predicted octanol–water partition coefficient (Wildman–Crippen LogP) is 0.967. The minimum atomic E-state index is -0.630. The van der Waals surface area contributed by atoms with Crippen LogP contribution < -0.4 is 0 Å². The SMILES string of the molecule is CC12C=CC(C)(OO1)O2. The van der Waals surface area contributed by atoms with Gasteiger partial charge in [0.15, 0.2) is 0 Å². The summed E-state index contributed by atoms with van der Waals surface area (Å²) >= 11 is 0. The molecule has 0 aromatic heterocycles. The number of hydrogen-bond acceptors (Lipinski definition) is 3. The lowest BCUT2D eigenvalue weighted by Gasteiger charge is -2.09. The fourth-order valence-electron chi connectivity index (χ4n) is 1.03. The molecule has 2 atom stereocenters. The van der Waals surface area contributed by atoms with Gasteiger partial charge in [-0.25, -0.2) is 0 Å². The maximum absolute atomic E-state index is 5.29. The van der Waals surface area contributed by atoms with Gasteiger partial charge in [0.25, 0.3) is 0 Å². The smallest absolute Gasteiger partial charge is 0.221 e. The number of hydrogen-bond donors (Lipinski definition) is 0. The Morgan fingerprint density at radius 3 is 1.56 bits per heavy atom. The summed E-state index contributed by atoms with van der Waals surface area (Å²) in [7, 11) is 0. The summed E-state index contributed by atoms with van der Waals surface area (Å²) in [6.45, 7) is 3.61. The molecule has 0 radical (unpaired) electrons. The molecule has 0 saturated carbocycles. The third-order valence-corrected chi connectivity index (χ3v) is 1.47. The molecule has 1 fully saturated rings. The Morgan fingerprint density at radius 2 is 1.44 bits per heavy atom. The van der Waals surface area contributed by atoms with E-state index >= 15 is 0 Å². The molecule has 0 amide bonds. The fourth-order valence-corrected chi connectivity index (χ4v) is 1.03. The molecule has 2 unspecified atom stereocenters. The van der Waals surface area contributed by atoms with Gasteiger partial charge >= 0.3 is 0 Å². The topological polar surface area (TPSA) is 27.7 Å². The van der Waals surface area contributed by atoms with E-state index < -0.39 is 11.6 Å². The summed E-state index contributed by atoms with van der Waals surface area (Å²) < 4.78 is 5.29. The Hall–Kier alpha value is -0.380. The van der Waals surface area contributed by atoms with E-state index in [4.69, 9.17) is 14.5 Å². The van der Waals surface area contributed by atoms with Gasteiger partial charge in [-0.15, -0.1) is 0 Å². The van der Waals surface area contributed by atoms with Gasteiger partial charge in [-0.2, -0.15) is 9.78 Å². The third-order valence-electron chi connectivity index (χ3n) is 1.47. The second kappa shape index (κ2) is 1.21. The van der Waals surface area contributed by atoms with Crippen LogP contribution in [0, 0.1) is 0 Å². The summed E-state index contributed by atoms with van der Waals surface area (Å²) in [5.74, 6) is -1.26. The van der Waals surface area contributed by atoms with Gasteiger partial charge in [-0.3, -0.25) is 0 Å². The molecular formula is C6H8O3. The van der Waals surface area contributed by atoms with Gasteiger partial charge in [0.2, 0.25) is 11.6 Å². The van der Waals surface area contributed by atoms with Gasteiger partial charge in [0, 0.05) is 0 Å². The Labute approximate surface area is 53.1 Å². The molecule has 2 rings (SSSR count). The van der Waals surface area contributed by atoms with Gasteiger partial charge in [0.1, 0.15) is 0 Å². The second-order valence-electron chi connectivity index (χ2n) is 2.63. The summed E-state index contributed by atoms with van der Waals surface area (Å²) in [5, 5.41) is 0. The molecule has 2 aliphatic heterocycles. The lowest BCUT2D eigenvalue weighted by molar-refractivity contribution is -0.332. The minimum Gasteiger partial charge on any atom is -0.306 e. The normalized spacial score (nSPS) is 54.9. The largest absolute Gasteiger partial charge is 0.306 e. The van der Waals surface area contributed by atoms with E-state index in [0.717, 1.165) is 0 Å². The van der Waals surface area contributed by atoms with E-state index in [-0.39, 0.29) is 0 Å². The Morgan fingerprint density at radius 1 is 1.00 bits per heavy atom. The van der Waals surface area contributed by atoms with E-state index in [0.29, 0.717) is 0 Å². The number of rotatable bonds is 0. The molecule has 3 heteroatoms. The third kappa shape index (κ3) is 0.625. The van der Waals surface area contributed by atoms with E-state index in [1.165, 1.54) is 0 Å². The summed E-state index contributed by atoms with van der Waals surface area (Å²) in [6.07, 6.45) is 3.69. The molecular weight excluding hydrogens is 120 g/mol. The average Bonchev–Trinajstić information content (AvgIpc) is 2.19. The standard InChI is InChI=1S/C6H8O3/c1-5-3-4-6(2,7-5)9-8-5/h3-4H,1-2H3. The fraction of sp³-hybridized carbons (Fsp3) is 0.667. The molecule has 9 heavy (non-hydrogen) atoms. The number of ether oxygens (including phenoxy) is 1. The van der Waals surface area contributed by atoms with Crippen LogP contribution in [0.3, 0.4) is 0 Å². The summed E-state index contributed by atoms with van der Waals surface area (Å²) in [4.78, 5) is 9.67. The highest BCUT2D eigenvalue weighted by molar-refractivity contribution is 5.10. The van der Waals surface area contributed by atoms with Crippen LogP contribution in [0.2, 0.25) is 0 Å². The molecule has 0 aromatic rings. The molecule has 3 nitrogen and oxygen atoms in total. The van der Waals surface area contributed by atoms with E-state index in [2.05, 4.69) is 0 Å². The average molecular weight is 128 g/mol. The summed E-state index contributed by atoms with van der Waals surface area (Å²) in [5.41, 5.74) is 0. The first kappa shape index (κ1) is 5.41. The number of fused-ring (bicyclic) bond motifs is 2. The zero-order valence-electron chi connectivity index (χ0n) is 5.38. The molecule has 50 valence electrons. The first-order valence-corrected chi connectivity index (χ1v) is 2.89. The summed E-state index contributed by atoms with van der Waals surface area (Å²) in [6, 6.07) is 0. The molecule has 0 N–H and O–H groups in total. The van der Waals surface area contributed by atoms with Crippen molar-refractivity contribution in [2.75, 3.05) is 0 Å². The lowest BCUT2D eigenvalue weighted by atomic mass is 10.3. The highest BCUT2D eigenvalue weighted by atomic mass is 17.3. The highest BCUT2D eigenvalue weighted by Gasteiger charge is 2.49. The van der Waals surface area contributed by atoms with Gasteiger partial charge < -0.3 is 4.74 Å². The predicted molar refractivity (Wildman–Crippen MR) is 29.2 cm³/mol. The Balaban J connectivity index is 2.37. The van der Waals surface area contributed by atoms with E-state index in [1.807, 2.05) is 26.0 Å². The maximum atomic E-state index is 5.29. The van der Waals surface area contributed by atoms with Crippen molar-refractivity contribution < 1.29 is 14.5 Å². The van der Waals surface area contributed by atoms with Gasteiger partial charge in [-0.05, 0) is 26.0 Å². The van der Waals surface area contributed by atoms with Crippen LogP contribution in [0.4, 0.5) is 0 Å². The lowest BCUT2D eigenvalue weighted by Crippen LogP contribution is -2.21.